The number of hydrogen-bond acceptors (Lipinski definition) is 4. The fourth-order valence-electron chi connectivity index (χ4n) is 0.719. The number of halogens is 1. The zero-order valence-electron chi connectivity index (χ0n) is 6.75. The fraction of sp³-hybridized carbons (Fsp3) is 0.286. The third-order valence-electron chi connectivity index (χ3n) is 1.34. The third kappa shape index (κ3) is 3.82. The summed E-state index contributed by atoms with van der Waals surface area (Å²) in [5, 5.41) is 8.46. The second kappa shape index (κ2) is 5.45. The van der Waals surface area contributed by atoms with Crippen LogP contribution < -0.4 is 5.73 Å². The molecule has 1 aromatic heterocycles. The number of aromatic nitrogens is 2. The van der Waals surface area contributed by atoms with E-state index in [4.69, 9.17) is 10.8 Å². The smallest absolute Gasteiger partial charge is 0.320 e. The van der Waals surface area contributed by atoms with E-state index in [9.17, 15) is 4.79 Å². The first-order valence-electron chi connectivity index (χ1n) is 3.44. The van der Waals surface area contributed by atoms with Gasteiger partial charge in [-0.25, -0.2) is 9.97 Å². The molecule has 1 unspecified atom stereocenters. The van der Waals surface area contributed by atoms with Crippen LogP contribution in [0.2, 0.25) is 0 Å². The highest BCUT2D eigenvalue weighted by Gasteiger charge is 2.12. The van der Waals surface area contributed by atoms with E-state index in [-0.39, 0.29) is 18.8 Å². The predicted octanol–water partition coefficient (Wildman–Crippen LogP) is -0.147. The molecule has 0 spiro atoms. The van der Waals surface area contributed by atoms with Gasteiger partial charge in [-0.2, -0.15) is 0 Å². The monoisotopic (exact) mass is 203 g/mol. The van der Waals surface area contributed by atoms with Gasteiger partial charge in [0.05, 0.1) is 0 Å². The summed E-state index contributed by atoms with van der Waals surface area (Å²) in [4.78, 5) is 18.0. The van der Waals surface area contributed by atoms with E-state index in [0.29, 0.717) is 5.82 Å². The van der Waals surface area contributed by atoms with Crippen molar-refractivity contribution in [2.45, 2.75) is 12.5 Å². The molecule has 0 saturated heterocycles. The molecule has 72 valence electrons. The van der Waals surface area contributed by atoms with Crippen LogP contribution in [0.15, 0.2) is 18.5 Å². The second-order valence-electron chi connectivity index (χ2n) is 2.31. The van der Waals surface area contributed by atoms with Gasteiger partial charge in [-0.1, -0.05) is 0 Å². The zero-order chi connectivity index (χ0) is 8.97. The summed E-state index contributed by atoms with van der Waals surface area (Å²) in [5.41, 5.74) is 5.27. The van der Waals surface area contributed by atoms with Crippen LogP contribution in [0.5, 0.6) is 0 Å². The van der Waals surface area contributed by atoms with Crippen LogP contribution in [0.4, 0.5) is 0 Å². The largest absolute Gasteiger partial charge is 0.480 e. The van der Waals surface area contributed by atoms with Crippen molar-refractivity contribution < 1.29 is 9.90 Å². The molecular formula is C7H10ClN3O2. The van der Waals surface area contributed by atoms with Crippen molar-refractivity contribution in [3.05, 3.63) is 24.3 Å². The Morgan fingerprint density at radius 2 is 2.08 bits per heavy atom. The van der Waals surface area contributed by atoms with Gasteiger partial charge in [0.2, 0.25) is 0 Å². The number of rotatable bonds is 3. The average Bonchev–Trinajstić information content (AvgIpc) is 2.06. The van der Waals surface area contributed by atoms with Crippen LogP contribution in [0.1, 0.15) is 5.82 Å². The van der Waals surface area contributed by atoms with Crippen LogP contribution in [0.3, 0.4) is 0 Å². The lowest BCUT2D eigenvalue weighted by Gasteiger charge is -2.03. The third-order valence-corrected chi connectivity index (χ3v) is 1.34. The SMILES string of the molecule is Cl.NC(Cc1ncccn1)C(=O)O. The molecule has 1 atom stereocenters. The Labute approximate surface area is 81.4 Å². The maximum Gasteiger partial charge on any atom is 0.320 e. The highest BCUT2D eigenvalue weighted by atomic mass is 35.5. The summed E-state index contributed by atoms with van der Waals surface area (Å²) in [6.45, 7) is 0. The van der Waals surface area contributed by atoms with E-state index in [1.165, 1.54) is 0 Å². The van der Waals surface area contributed by atoms with Gasteiger partial charge >= 0.3 is 5.97 Å². The van der Waals surface area contributed by atoms with Crippen molar-refractivity contribution in [1.82, 2.24) is 9.97 Å². The highest BCUT2D eigenvalue weighted by molar-refractivity contribution is 5.85. The van der Waals surface area contributed by atoms with Crippen molar-refractivity contribution in [2.24, 2.45) is 5.73 Å². The van der Waals surface area contributed by atoms with Crippen molar-refractivity contribution in [2.75, 3.05) is 0 Å². The molecular weight excluding hydrogens is 194 g/mol. The predicted molar refractivity (Wildman–Crippen MR) is 48.6 cm³/mol. The summed E-state index contributed by atoms with van der Waals surface area (Å²) >= 11 is 0. The topological polar surface area (TPSA) is 89.1 Å². The number of carboxylic acid groups (broad SMARTS) is 1. The molecule has 0 radical (unpaired) electrons. The molecule has 0 fully saturated rings. The molecule has 1 aromatic rings. The van der Waals surface area contributed by atoms with Gasteiger partial charge in [0, 0.05) is 18.8 Å². The first-order chi connectivity index (χ1) is 5.70. The minimum Gasteiger partial charge on any atom is -0.480 e. The van der Waals surface area contributed by atoms with E-state index in [0.717, 1.165) is 0 Å². The maximum atomic E-state index is 10.3. The molecule has 6 heteroatoms. The quantitative estimate of drug-likeness (QED) is 0.714. The van der Waals surface area contributed by atoms with Crippen LogP contribution in [0.25, 0.3) is 0 Å². The first-order valence-corrected chi connectivity index (χ1v) is 3.44. The van der Waals surface area contributed by atoms with Crippen molar-refractivity contribution in [1.29, 1.82) is 0 Å². The minimum atomic E-state index is -1.04. The van der Waals surface area contributed by atoms with Crippen LogP contribution >= 0.6 is 12.4 Å². The maximum absolute atomic E-state index is 10.3. The Morgan fingerprint density at radius 1 is 1.54 bits per heavy atom. The molecule has 13 heavy (non-hydrogen) atoms. The number of carbonyl (C=O) groups is 1. The number of nitrogens with zero attached hydrogens (tertiary/aromatic N) is 2. The normalized spacial score (nSPS) is 11.5. The summed E-state index contributed by atoms with van der Waals surface area (Å²) < 4.78 is 0. The number of aliphatic carboxylic acids is 1. The van der Waals surface area contributed by atoms with E-state index >= 15 is 0 Å². The summed E-state index contributed by atoms with van der Waals surface area (Å²) in [7, 11) is 0. The van der Waals surface area contributed by atoms with E-state index < -0.39 is 12.0 Å². The number of nitrogens with two attached hydrogens (primary N) is 1. The first kappa shape index (κ1) is 11.8. The Morgan fingerprint density at radius 3 is 2.54 bits per heavy atom. The van der Waals surface area contributed by atoms with Crippen molar-refractivity contribution in [3.63, 3.8) is 0 Å². The van der Waals surface area contributed by atoms with Crippen LogP contribution in [-0.2, 0) is 11.2 Å². The molecule has 0 bridgehead atoms. The Balaban J connectivity index is 0.00000144. The zero-order valence-corrected chi connectivity index (χ0v) is 7.57. The molecule has 1 rings (SSSR count). The number of hydrogen-bond donors (Lipinski definition) is 2. The van der Waals surface area contributed by atoms with Gasteiger partial charge in [-0.15, -0.1) is 12.4 Å². The highest BCUT2D eigenvalue weighted by Crippen LogP contribution is 1.92. The summed E-state index contributed by atoms with van der Waals surface area (Å²) in [6.07, 6.45) is 3.27. The fourth-order valence-corrected chi connectivity index (χ4v) is 0.719. The van der Waals surface area contributed by atoms with Crippen molar-refractivity contribution >= 4 is 18.4 Å². The Hall–Kier alpha value is -1.20. The molecule has 0 aromatic carbocycles. The van der Waals surface area contributed by atoms with Crippen LogP contribution in [-0.4, -0.2) is 27.1 Å². The minimum absolute atomic E-state index is 0. The molecule has 5 nitrogen and oxygen atoms in total. The van der Waals surface area contributed by atoms with Crippen LogP contribution in [0, 0.1) is 0 Å². The Bertz CT molecular complexity index is 268. The molecule has 1 heterocycles. The lowest BCUT2D eigenvalue weighted by Crippen LogP contribution is -2.32. The van der Waals surface area contributed by atoms with Gasteiger partial charge in [0.25, 0.3) is 0 Å². The molecule has 3 N–H and O–H groups in total. The van der Waals surface area contributed by atoms with Gasteiger partial charge in [0.1, 0.15) is 11.9 Å². The van der Waals surface area contributed by atoms with E-state index in [1.54, 1.807) is 18.5 Å². The van der Waals surface area contributed by atoms with E-state index in [2.05, 4.69) is 9.97 Å². The standard InChI is InChI=1S/C7H9N3O2.ClH/c8-5(7(11)12)4-6-9-2-1-3-10-6;/h1-3,5H,4,8H2,(H,11,12);1H. The molecule has 0 aliphatic heterocycles. The molecule has 0 amide bonds. The molecule has 0 saturated carbocycles. The lowest BCUT2D eigenvalue weighted by atomic mass is 10.2. The van der Waals surface area contributed by atoms with Crippen molar-refractivity contribution in [3.8, 4) is 0 Å². The Kier molecular flexibility index (Phi) is 4.94. The average molecular weight is 204 g/mol. The second-order valence-corrected chi connectivity index (χ2v) is 2.31. The van der Waals surface area contributed by atoms with Gasteiger partial charge in [0.15, 0.2) is 0 Å². The summed E-state index contributed by atoms with van der Waals surface area (Å²) in [5.74, 6) is -0.588. The lowest BCUT2D eigenvalue weighted by molar-refractivity contribution is -0.138. The van der Waals surface area contributed by atoms with Gasteiger partial charge in [-0.3, -0.25) is 4.79 Å². The summed E-state index contributed by atoms with van der Waals surface area (Å²) in [6, 6.07) is 0.739. The van der Waals surface area contributed by atoms with E-state index in [1.807, 2.05) is 0 Å². The number of carboxylic acids is 1. The molecule has 0 aliphatic carbocycles. The van der Waals surface area contributed by atoms with Gasteiger partial charge < -0.3 is 10.8 Å². The molecule has 0 aliphatic rings. The van der Waals surface area contributed by atoms with Gasteiger partial charge in [-0.05, 0) is 6.07 Å².